The third kappa shape index (κ3) is 5.09. The second kappa shape index (κ2) is 10.0. The fraction of sp³-hybridized carbons (Fsp3) is 0.483. The molecule has 2 aliphatic rings. The summed E-state index contributed by atoms with van der Waals surface area (Å²) in [5.74, 6) is 0.284. The number of amides is 1. The molecule has 3 heterocycles. The molecule has 190 valence electrons. The number of benzene rings is 2. The molecular formula is C29H35N3O3S. The number of aromatic nitrogens is 2. The van der Waals surface area contributed by atoms with Crippen molar-refractivity contribution in [2.75, 3.05) is 19.3 Å². The number of hydrogen-bond acceptors (Lipinski definition) is 6. The Labute approximate surface area is 217 Å². The molecule has 7 heteroatoms. The number of fused-ring (bicyclic) bond motifs is 2. The van der Waals surface area contributed by atoms with Gasteiger partial charge in [-0.3, -0.25) is 0 Å². The zero-order valence-corrected chi connectivity index (χ0v) is 22.7. The summed E-state index contributed by atoms with van der Waals surface area (Å²) < 4.78 is 12.1. The predicted molar refractivity (Wildman–Crippen MR) is 144 cm³/mol. The molecular weight excluding hydrogens is 470 g/mol. The number of carbonyl (C=O) groups is 1. The van der Waals surface area contributed by atoms with Gasteiger partial charge in [-0.25, -0.2) is 14.8 Å². The maximum absolute atomic E-state index is 12.5. The van der Waals surface area contributed by atoms with Crippen molar-refractivity contribution in [3.63, 3.8) is 0 Å². The van der Waals surface area contributed by atoms with Gasteiger partial charge >= 0.3 is 6.09 Å². The third-order valence-electron chi connectivity index (χ3n) is 7.12. The summed E-state index contributed by atoms with van der Waals surface area (Å²) in [7, 11) is 0. The van der Waals surface area contributed by atoms with E-state index in [0.717, 1.165) is 41.4 Å². The minimum atomic E-state index is -0.483. The molecule has 1 fully saturated rings. The third-order valence-corrected chi connectivity index (χ3v) is 7.67. The second-order valence-corrected chi connectivity index (χ2v) is 11.6. The number of thioether (sulfide) groups is 1. The van der Waals surface area contributed by atoms with Crippen molar-refractivity contribution in [2.24, 2.45) is 0 Å². The molecule has 0 saturated carbocycles. The first-order valence-corrected chi connectivity index (χ1v) is 14.0. The summed E-state index contributed by atoms with van der Waals surface area (Å²) in [6.07, 6.45) is 4.23. The van der Waals surface area contributed by atoms with E-state index in [1.54, 1.807) is 11.8 Å². The maximum Gasteiger partial charge on any atom is 0.410 e. The highest BCUT2D eigenvalue weighted by molar-refractivity contribution is 7.98. The number of carbonyl (C=O) groups excluding carboxylic acids is 1. The van der Waals surface area contributed by atoms with Crippen LogP contribution in [0.4, 0.5) is 4.79 Å². The van der Waals surface area contributed by atoms with E-state index < -0.39 is 5.60 Å². The van der Waals surface area contributed by atoms with Crippen molar-refractivity contribution in [1.82, 2.24) is 14.9 Å². The molecule has 1 aromatic heterocycles. The lowest BCUT2D eigenvalue weighted by atomic mass is 9.87. The van der Waals surface area contributed by atoms with Crippen molar-refractivity contribution in [2.45, 2.75) is 76.3 Å². The Morgan fingerprint density at radius 1 is 1.11 bits per heavy atom. The molecule has 1 saturated heterocycles. The van der Waals surface area contributed by atoms with E-state index in [0.29, 0.717) is 19.7 Å². The van der Waals surface area contributed by atoms with Gasteiger partial charge in [-0.1, -0.05) is 48.2 Å². The van der Waals surface area contributed by atoms with Crippen LogP contribution in [0.15, 0.2) is 41.6 Å². The number of ether oxygens (including phenoxy) is 2. The summed E-state index contributed by atoms with van der Waals surface area (Å²) in [5.41, 5.74) is 5.34. The smallest absolute Gasteiger partial charge is 0.410 e. The number of nitrogens with zero attached hydrogens (tertiary/aromatic N) is 3. The van der Waals surface area contributed by atoms with Crippen molar-refractivity contribution in [3.8, 4) is 0 Å². The number of hydrogen-bond donors (Lipinski definition) is 0. The molecule has 1 atom stereocenters. The van der Waals surface area contributed by atoms with E-state index in [2.05, 4.69) is 43.3 Å². The lowest BCUT2D eigenvalue weighted by Gasteiger charge is -2.35. The van der Waals surface area contributed by atoms with Crippen LogP contribution >= 0.6 is 11.8 Å². The van der Waals surface area contributed by atoms with Gasteiger partial charge in [-0.15, -0.1) is 0 Å². The molecule has 2 aliphatic heterocycles. The van der Waals surface area contributed by atoms with E-state index in [4.69, 9.17) is 19.4 Å². The van der Waals surface area contributed by atoms with Crippen LogP contribution in [0.5, 0.6) is 0 Å². The van der Waals surface area contributed by atoms with Crippen LogP contribution in [-0.4, -0.2) is 45.9 Å². The van der Waals surface area contributed by atoms with E-state index in [-0.39, 0.29) is 18.1 Å². The molecule has 1 amide bonds. The number of likely N-dealkylation sites (tertiary alicyclic amines) is 1. The molecule has 6 nitrogen and oxygen atoms in total. The SMILES string of the molecule is CSc1nc2c(c(C3CCN(C(=O)OC(C)(C)C)CC3)n1)COC(c1cccc3cccc(C)c13)C2. The number of aryl methyl sites for hydroxylation is 1. The Bertz CT molecular complexity index is 1270. The summed E-state index contributed by atoms with van der Waals surface area (Å²) in [6.45, 7) is 9.74. The predicted octanol–water partition coefficient (Wildman–Crippen LogP) is 6.59. The van der Waals surface area contributed by atoms with E-state index in [1.807, 2.05) is 31.9 Å². The lowest BCUT2D eigenvalue weighted by Crippen LogP contribution is -2.41. The van der Waals surface area contributed by atoms with Crippen molar-refractivity contribution >= 4 is 28.6 Å². The molecule has 0 aliphatic carbocycles. The Kier molecular flexibility index (Phi) is 6.97. The van der Waals surface area contributed by atoms with Crippen LogP contribution in [0.1, 0.15) is 73.7 Å². The minimum absolute atomic E-state index is 0.0335. The molecule has 3 aromatic rings. The lowest BCUT2D eigenvalue weighted by molar-refractivity contribution is 0.0189. The van der Waals surface area contributed by atoms with E-state index in [9.17, 15) is 4.79 Å². The standard InChI is InChI=1S/C29H35N3O3S/c1-18-8-6-9-19-10-7-11-21(25(18)19)24-16-23-22(17-34-24)26(31-27(30-23)36-5)20-12-14-32(15-13-20)28(33)35-29(2,3)4/h6-11,20,24H,12-17H2,1-5H3. The highest BCUT2D eigenvalue weighted by atomic mass is 32.2. The Balaban J connectivity index is 1.39. The van der Waals surface area contributed by atoms with Crippen LogP contribution < -0.4 is 0 Å². The Hall–Kier alpha value is -2.64. The fourth-order valence-corrected chi connectivity index (χ4v) is 5.78. The molecule has 0 spiro atoms. The first-order valence-electron chi connectivity index (χ1n) is 12.7. The molecule has 0 radical (unpaired) electrons. The average molecular weight is 506 g/mol. The van der Waals surface area contributed by atoms with Crippen molar-refractivity contribution < 1.29 is 14.3 Å². The van der Waals surface area contributed by atoms with Crippen LogP contribution in [0.25, 0.3) is 10.8 Å². The van der Waals surface area contributed by atoms with Crippen LogP contribution in [-0.2, 0) is 22.5 Å². The quantitative estimate of drug-likeness (QED) is 0.296. The van der Waals surface area contributed by atoms with E-state index in [1.165, 1.54) is 21.9 Å². The summed E-state index contributed by atoms with van der Waals surface area (Å²) in [4.78, 5) is 24.2. The summed E-state index contributed by atoms with van der Waals surface area (Å²) >= 11 is 1.59. The molecule has 36 heavy (non-hydrogen) atoms. The maximum atomic E-state index is 12.5. The van der Waals surface area contributed by atoms with Crippen molar-refractivity contribution in [1.29, 1.82) is 0 Å². The molecule has 2 aromatic carbocycles. The van der Waals surface area contributed by atoms with Gasteiger partial charge in [0.05, 0.1) is 24.1 Å². The number of piperidine rings is 1. The zero-order valence-electron chi connectivity index (χ0n) is 21.8. The van der Waals surface area contributed by atoms with Gasteiger partial charge in [0, 0.05) is 31.0 Å². The monoisotopic (exact) mass is 505 g/mol. The topological polar surface area (TPSA) is 64.6 Å². The highest BCUT2D eigenvalue weighted by Gasteiger charge is 2.33. The van der Waals surface area contributed by atoms with Crippen LogP contribution in [0.3, 0.4) is 0 Å². The van der Waals surface area contributed by atoms with Crippen molar-refractivity contribution in [3.05, 3.63) is 64.5 Å². The average Bonchev–Trinajstić information content (AvgIpc) is 2.86. The van der Waals surface area contributed by atoms with Gasteiger partial charge in [0.2, 0.25) is 0 Å². The van der Waals surface area contributed by atoms with Gasteiger partial charge in [-0.05, 0) is 68.7 Å². The highest BCUT2D eigenvalue weighted by Crippen LogP contribution is 2.39. The molecule has 5 rings (SSSR count). The molecule has 0 N–H and O–H groups in total. The van der Waals surface area contributed by atoms with Gasteiger partial charge < -0.3 is 14.4 Å². The molecule has 1 unspecified atom stereocenters. The first-order chi connectivity index (χ1) is 17.2. The van der Waals surface area contributed by atoms with Gasteiger partial charge in [0.15, 0.2) is 5.16 Å². The first kappa shape index (κ1) is 25.0. The summed E-state index contributed by atoms with van der Waals surface area (Å²) in [6, 6.07) is 12.9. The Morgan fingerprint density at radius 3 is 2.53 bits per heavy atom. The fourth-order valence-electron chi connectivity index (χ4n) is 5.39. The number of rotatable bonds is 3. The van der Waals surface area contributed by atoms with Crippen LogP contribution in [0.2, 0.25) is 0 Å². The Morgan fingerprint density at radius 2 is 1.83 bits per heavy atom. The zero-order chi connectivity index (χ0) is 25.4. The van der Waals surface area contributed by atoms with Gasteiger partial charge in [-0.2, -0.15) is 0 Å². The largest absolute Gasteiger partial charge is 0.444 e. The summed E-state index contributed by atoms with van der Waals surface area (Å²) in [5, 5.41) is 3.34. The normalized spacial score (nSPS) is 18.8. The van der Waals surface area contributed by atoms with Gasteiger partial charge in [0.1, 0.15) is 5.60 Å². The van der Waals surface area contributed by atoms with Gasteiger partial charge in [0.25, 0.3) is 0 Å². The second-order valence-electron chi connectivity index (χ2n) is 10.8. The molecule has 0 bridgehead atoms. The minimum Gasteiger partial charge on any atom is -0.444 e. The van der Waals surface area contributed by atoms with Crippen LogP contribution in [0, 0.1) is 6.92 Å². The van der Waals surface area contributed by atoms with E-state index >= 15 is 0 Å².